The maximum atomic E-state index is 12.2. The molecule has 1 aromatic rings. The van der Waals surface area contributed by atoms with Crippen LogP contribution in [0.25, 0.3) is 0 Å². The molecule has 0 saturated carbocycles. The summed E-state index contributed by atoms with van der Waals surface area (Å²) in [6.45, 7) is 1.22. The third-order valence-electron chi connectivity index (χ3n) is 2.74. The fraction of sp³-hybridized carbons (Fsp3) is 0.333. The van der Waals surface area contributed by atoms with Gasteiger partial charge in [0, 0.05) is 23.7 Å². The second-order valence-electron chi connectivity index (χ2n) is 3.80. The molecule has 0 fully saturated rings. The minimum Gasteiger partial charge on any atom is -0.267 e. The summed E-state index contributed by atoms with van der Waals surface area (Å²) in [6.07, 6.45) is 0. The summed E-state index contributed by atoms with van der Waals surface area (Å²) >= 11 is 6.67. The first kappa shape index (κ1) is 13.7. The monoisotopic (exact) mass is 374 g/mol. The number of benzene rings is 1. The van der Waals surface area contributed by atoms with Crippen LogP contribution >= 0.6 is 31.9 Å². The van der Waals surface area contributed by atoms with Crippen LogP contribution in [0.15, 0.2) is 24.3 Å². The van der Waals surface area contributed by atoms with Crippen molar-refractivity contribution in [2.24, 2.45) is 0 Å². The lowest BCUT2D eigenvalue weighted by Gasteiger charge is -2.28. The Kier molecular flexibility index (Phi) is 4.53. The molecule has 1 aromatic carbocycles. The number of amides is 2. The van der Waals surface area contributed by atoms with Crippen molar-refractivity contribution in [2.45, 2.75) is 0 Å². The Bertz CT molecular complexity index is 438. The van der Waals surface area contributed by atoms with Gasteiger partial charge in [-0.1, -0.05) is 44.0 Å². The molecule has 2 amide bonds. The van der Waals surface area contributed by atoms with E-state index in [1.807, 2.05) is 0 Å². The van der Waals surface area contributed by atoms with Crippen molar-refractivity contribution in [2.75, 3.05) is 23.7 Å². The number of hydrogen-bond donors (Lipinski definition) is 0. The number of hydrogen-bond acceptors (Lipinski definition) is 3. The molecule has 18 heavy (non-hydrogen) atoms. The first-order chi connectivity index (χ1) is 8.70. The molecular formula is C12H12Br2N2O2. The Morgan fingerprint density at radius 2 is 1.39 bits per heavy atom. The van der Waals surface area contributed by atoms with Crippen molar-refractivity contribution in [3.63, 3.8) is 0 Å². The molecule has 2 rings (SSSR count). The zero-order valence-electron chi connectivity index (χ0n) is 9.60. The molecule has 1 aliphatic heterocycles. The lowest BCUT2D eigenvalue weighted by Crippen LogP contribution is -2.48. The smallest absolute Gasteiger partial charge is 0.267 e. The average molecular weight is 376 g/mol. The predicted molar refractivity (Wildman–Crippen MR) is 76.1 cm³/mol. The predicted octanol–water partition coefficient (Wildman–Crippen LogP) is 2.29. The minimum atomic E-state index is -0.238. The number of imide groups is 1. The van der Waals surface area contributed by atoms with Crippen LogP contribution in [-0.2, 0) is 0 Å². The molecule has 1 aliphatic rings. The Labute approximate surface area is 122 Å². The molecule has 4 nitrogen and oxygen atoms in total. The third-order valence-corrected chi connectivity index (χ3v) is 3.45. The van der Waals surface area contributed by atoms with Gasteiger partial charge >= 0.3 is 0 Å². The van der Waals surface area contributed by atoms with E-state index >= 15 is 0 Å². The Morgan fingerprint density at radius 1 is 0.944 bits per heavy atom. The topological polar surface area (TPSA) is 40.6 Å². The summed E-state index contributed by atoms with van der Waals surface area (Å²) < 4.78 is 0. The zero-order valence-corrected chi connectivity index (χ0v) is 12.8. The van der Waals surface area contributed by atoms with Gasteiger partial charge in [-0.2, -0.15) is 0 Å². The summed E-state index contributed by atoms with van der Waals surface area (Å²) in [4.78, 5) is 24.5. The van der Waals surface area contributed by atoms with Gasteiger partial charge in [-0.25, -0.2) is 10.0 Å². The second kappa shape index (κ2) is 5.95. The van der Waals surface area contributed by atoms with Crippen LogP contribution in [0, 0.1) is 0 Å². The quantitative estimate of drug-likeness (QED) is 0.585. The zero-order chi connectivity index (χ0) is 13.1. The molecule has 6 heteroatoms. The van der Waals surface area contributed by atoms with Gasteiger partial charge < -0.3 is 0 Å². The summed E-state index contributed by atoms with van der Waals surface area (Å²) in [5, 5.41) is 4.40. The third kappa shape index (κ3) is 2.37. The van der Waals surface area contributed by atoms with E-state index in [2.05, 4.69) is 31.9 Å². The van der Waals surface area contributed by atoms with Crippen LogP contribution < -0.4 is 0 Å². The number of carbonyl (C=O) groups is 2. The summed E-state index contributed by atoms with van der Waals surface area (Å²) in [6, 6.07) is 6.92. The SMILES string of the molecule is O=C1c2ccccc2C(=O)N1N(CCBr)CCBr. The molecule has 0 radical (unpaired) electrons. The maximum Gasteiger partial charge on any atom is 0.276 e. The van der Waals surface area contributed by atoms with Gasteiger partial charge in [0.1, 0.15) is 0 Å². The Hall–Kier alpha value is -0.720. The van der Waals surface area contributed by atoms with Gasteiger partial charge in [-0.15, -0.1) is 0 Å². The van der Waals surface area contributed by atoms with Crippen molar-refractivity contribution >= 4 is 43.7 Å². The van der Waals surface area contributed by atoms with Crippen LogP contribution in [0.5, 0.6) is 0 Å². The number of carbonyl (C=O) groups excluding carboxylic acids is 2. The van der Waals surface area contributed by atoms with E-state index in [0.29, 0.717) is 34.9 Å². The van der Waals surface area contributed by atoms with Crippen LogP contribution in [0.3, 0.4) is 0 Å². The van der Waals surface area contributed by atoms with E-state index in [0.717, 1.165) is 0 Å². The average Bonchev–Trinajstić information content (AvgIpc) is 2.63. The minimum absolute atomic E-state index is 0.238. The Morgan fingerprint density at radius 3 is 1.78 bits per heavy atom. The first-order valence-corrected chi connectivity index (χ1v) is 7.79. The Balaban J connectivity index is 2.31. The van der Waals surface area contributed by atoms with Crippen LogP contribution in [0.4, 0.5) is 0 Å². The molecule has 0 aromatic heterocycles. The van der Waals surface area contributed by atoms with E-state index in [1.165, 1.54) is 5.01 Å². The van der Waals surface area contributed by atoms with Crippen molar-refractivity contribution in [1.82, 2.24) is 10.0 Å². The van der Waals surface area contributed by atoms with Crippen molar-refractivity contribution in [1.29, 1.82) is 0 Å². The molecule has 0 aliphatic carbocycles. The van der Waals surface area contributed by atoms with Crippen LogP contribution in [-0.4, -0.2) is 45.6 Å². The fourth-order valence-electron chi connectivity index (χ4n) is 1.94. The number of rotatable bonds is 5. The molecule has 0 bridgehead atoms. The summed E-state index contributed by atoms with van der Waals surface area (Å²) in [5.41, 5.74) is 0.966. The molecule has 0 spiro atoms. The van der Waals surface area contributed by atoms with Gasteiger partial charge in [-0.3, -0.25) is 9.59 Å². The standard InChI is InChI=1S/C12H12Br2N2O2/c13-5-7-15(8-6-14)16-11(17)9-3-1-2-4-10(9)12(16)18/h1-4H,5-8H2. The fourth-order valence-corrected chi connectivity index (χ4v) is 2.76. The number of hydrazine groups is 1. The normalized spacial score (nSPS) is 14.5. The van der Waals surface area contributed by atoms with E-state index in [4.69, 9.17) is 0 Å². The molecule has 1 heterocycles. The molecule has 0 N–H and O–H groups in total. The highest BCUT2D eigenvalue weighted by molar-refractivity contribution is 9.09. The number of fused-ring (bicyclic) bond motifs is 1. The number of alkyl halides is 2. The summed E-state index contributed by atoms with van der Waals surface area (Å²) in [7, 11) is 0. The van der Waals surface area contributed by atoms with Crippen molar-refractivity contribution in [3.8, 4) is 0 Å². The molecule has 0 unspecified atom stereocenters. The van der Waals surface area contributed by atoms with Gasteiger partial charge in [0.25, 0.3) is 11.8 Å². The van der Waals surface area contributed by atoms with Crippen molar-refractivity contribution in [3.05, 3.63) is 35.4 Å². The lowest BCUT2D eigenvalue weighted by atomic mass is 10.1. The highest BCUT2D eigenvalue weighted by Crippen LogP contribution is 2.24. The van der Waals surface area contributed by atoms with Crippen LogP contribution in [0.1, 0.15) is 20.7 Å². The van der Waals surface area contributed by atoms with Gasteiger partial charge in [0.05, 0.1) is 11.1 Å². The molecule has 0 atom stereocenters. The highest BCUT2D eigenvalue weighted by atomic mass is 79.9. The molecule has 96 valence electrons. The van der Waals surface area contributed by atoms with Gasteiger partial charge in [-0.05, 0) is 12.1 Å². The van der Waals surface area contributed by atoms with E-state index in [1.54, 1.807) is 29.3 Å². The molecular weight excluding hydrogens is 364 g/mol. The van der Waals surface area contributed by atoms with Gasteiger partial charge in [0.2, 0.25) is 0 Å². The second-order valence-corrected chi connectivity index (χ2v) is 5.39. The summed E-state index contributed by atoms with van der Waals surface area (Å²) in [5.74, 6) is -0.477. The lowest BCUT2D eigenvalue weighted by molar-refractivity contribution is 0.00738. The van der Waals surface area contributed by atoms with E-state index in [-0.39, 0.29) is 11.8 Å². The van der Waals surface area contributed by atoms with E-state index < -0.39 is 0 Å². The largest absolute Gasteiger partial charge is 0.276 e. The first-order valence-electron chi connectivity index (χ1n) is 5.55. The number of halogens is 2. The van der Waals surface area contributed by atoms with E-state index in [9.17, 15) is 9.59 Å². The van der Waals surface area contributed by atoms with Crippen molar-refractivity contribution < 1.29 is 9.59 Å². The number of nitrogens with zero attached hydrogens (tertiary/aromatic N) is 2. The highest BCUT2D eigenvalue weighted by Gasteiger charge is 2.38. The van der Waals surface area contributed by atoms with Crippen LogP contribution in [0.2, 0.25) is 0 Å². The molecule has 0 saturated heterocycles. The van der Waals surface area contributed by atoms with Gasteiger partial charge in [0.15, 0.2) is 0 Å². The maximum absolute atomic E-state index is 12.2.